The van der Waals surface area contributed by atoms with Crippen molar-refractivity contribution in [1.82, 2.24) is 0 Å². The molecule has 0 saturated carbocycles. The molecular weight excluding hydrogens is 240 g/mol. The number of aliphatic carboxylic acids is 1. The summed E-state index contributed by atoms with van der Waals surface area (Å²) < 4.78 is 9.69. The van der Waals surface area contributed by atoms with Crippen LogP contribution in [0.25, 0.3) is 0 Å². The van der Waals surface area contributed by atoms with Gasteiger partial charge in [0.2, 0.25) is 0 Å². The molecule has 1 atom stereocenters. The van der Waals surface area contributed by atoms with Crippen LogP contribution < -0.4 is 15.3 Å². The van der Waals surface area contributed by atoms with Gasteiger partial charge in [-0.1, -0.05) is 0 Å². The summed E-state index contributed by atoms with van der Waals surface area (Å²) in [5.74, 6) is -1.75. The summed E-state index contributed by atoms with van der Waals surface area (Å²) in [6.45, 7) is 4.89. The van der Waals surface area contributed by atoms with Crippen molar-refractivity contribution in [3.63, 3.8) is 0 Å². The van der Waals surface area contributed by atoms with Gasteiger partial charge in [0.1, 0.15) is 38.6 Å². The standard InChI is InChI=1S/C11H20N2O5/c1-17-10(14)8-9(11(15)16)12-2-3-13-4-6-18-7-5-13/h9,12H,2-8H2,1H3,(H,15,16)/p+1/t9-/m1/s1. The van der Waals surface area contributed by atoms with Gasteiger partial charge in [-0.3, -0.25) is 4.79 Å². The van der Waals surface area contributed by atoms with E-state index in [1.807, 2.05) is 0 Å². The predicted molar refractivity (Wildman–Crippen MR) is 58.6 cm³/mol. The van der Waals surface area contributed by atoms with Crippen LogP contribution in [0.15, 0.2) is 0 Å². The van der Waals surface area contributed by atoms with Crippen molar-refractivity contribution in [2.75, 3.05) is 46.5 Å². The molecule has 1 rings (SSSR count). The first-order valence-corrected chi connectivity index (χ1v) is 6.15. The average molecular weight is 261 g/mol. The molecule has 0 radical (unpaired) electrons. The molecule has 7 heteroatoms. The lowest BCUT2D eigenvalue weighted by Crippen LogP contribution is -3.16. The molecule has 0 aromatic heterocycles. The topological polar surface area (TPSA) is 96.7 Å². The first-order valence-electron chi connectivity index (χ1n) is 6.15. The molecule has 3 N–H and O–H groups in total. The van der Waals surface area contributed by atoms with Gasteiger partial charge in [-0.25, -0.2) is 0 Å². The average Bonchev–Trinajstić information content (AvgIpc) is 2.38. The Morgan fingerprint density at radius 2 is 2.11 bits per heavy atom. The van der Waals surface area contributed by atoms with Gasteiger partial charge in [0.05, 0.1) is 26.3 Å². The molecule has 18 heavy (non-hydrogen) atoms. The van der Waals surface area contributed by atoms with E-state index in [4.69, 9.17) is 4.74 Å². The van der Waals surface area contributed by atoms with Crippen LogP contribution in [0, 0.1) is 0 Å². The molecule has 0 amide bonds. The third kappa shape index (κ3) is 5.44. The molecule has 0 unspecified atom stereocenters. The molecule has 0 aromatic carbocycles. The number of ether oxygens (including phenoxy) is 2. The Morgan fingerprint density at radius 3 is 2.67 bits per heavy atom. The molecule has 1 aliphatic rings. The van der Waals surface area contributed by atoms with Gasteiger partial charge in [-0.15, -0.1) is 0 Å². The van der Waals surface area contributed by atoms with Gasteiger partial charge < -0.3 is 29.6 Å². The highest BCUT2D eigenvalue weighted by Gasteiger charge is 2.20. The number of carbonyl (C=O) groups excluding carboxylic acids is 2. The van der Waals surface area contributed by atoms with Crippen LogP contribution in [-0.4, -0.2) is 64.5 Å². The second kappa shape index (κ2) is 8.02. The second-order valence-corrected chi connectivity index (χ2v) is 4.34. The van der Waals surface area contributed by atoms with E-state index in [9.17, 15) is 14.7 Å². The van der Waals surface area contributed by atoms with Crippen molar-refractivity contribution >= 4 is 11.9 Å². The molecule has 1 saturated heterocycles. The van der Waals surface area contributed by atoms with E-state index in [0.29, 0.717) is 6.54 Å². The SMILES string of the molecule is COC(=O)C[C@@H]([NH2+]CC[NH+]1CCOCC1)C(=O)[O-]. The fourth-order valence-electron chi connectivity index (χ4n) is 1.92. The normalized spacial score (nSPS) is 18.3. The summed E-state index contributed by atoms with van der Waals surface area (Å²) >= 11 is 0. The monoisotopic (exact) mass is 261 g/mol. The first kappa shape index (κ1) is 14.9. The fraction of sp³-hybridized carbons (Fsp3) is 0.818. The van der Waals surface area contributed by atoms with Crippen LogP contribution in [0.2, 0.25) is 0 Å². The van der Waals surface area contributed by atoms with Crippen LogP contribution in [-0.2, 0) is 19.1 Å². The van der Waals surface area contributed by atoms with Gasteiger partial charge >= 0.3 is 5.97 Å². The number of hydrogen-bond donors (Lipinski definition) is 2. The van der Waals surface area contributed by atoms with Crippen LogP contribution in [0.5, 0.6) is 0 Å². The Hall–Kier alpha value is -1.18. The summed E-state index contributed by atoms with van der Waals surface area (Å²) in [5, 5.41) is 12.5. The number of rotatable bonds is 7. The Morgan fingerprint density at radius 1 is 1.44 bits per heavy atom. The van der Waals surface area contributed by atoms with Crippen molar-refractivity contribution in [2.24, 2.45) is 0 Å². The zero-order valence-electron chi connectivity index (χ0n) is 10.6. The van der Waals surface area contributed by atoms with Crippen LogP contribution in [0.4, 0.5) is 0 Å². The summed E-state index contributed by atoms with van der Waals surface area (Å²) in [6.07, 6.45) is -0.155. The molecule has 1 aliphatic heterocycles. The zero-order valence-corrected chi connectivity index (χ0v) is 10.6. The molecule has 0 bridgehead atoms. The molecule has 7 nitrogen and oxygen atoms in total. The number of methoxy groups -OCH3 is 1. The van der Waals surface area contributed by atoms with E-state index >= 15 is 0 Å². The highest BCUT2D eigenvalue weighted by atomic mass is 16.5. The van der Waals surface area contributed by atoms with E-state index in [2.05, 4.69) is 4.74 Å². The highest BCUT2D eigenvalue weighted by molar-refractivity contribution is 5.78. The molecule has 0 aromatic rings. The van der Waals surface area contributed by atoms with E-state index in [0.717, 1.165) is 32.8 Å². The lowest BCUT2D eigenvalue weighted by atomic mass is 10.2. The van der Waals surface area contributed by atoms with Crippen molar-refractivity contribution < 1.29 is 34.4 Å². The summed E-state index contributed by atoms with van der Waals surface area (Å²) in [5.41, 5.74) is 0. The Kier molecular flexibility index (Phi) is 6.63. The summed E-state index contributed by atoms with van der Waals surface area (Å²) in [4.78, 5) is 23.3. The number of esters is 1. The van der Waals surface area contributed by atoms with Crippen molar-refractivity contribution in [1.29, 1.82) is 0 Å². The van der Waals surface area contributed by atoms with Gasteiger partial charge in [0.25, 0.3) is 0 Å². The maximum Gasteiger partial charge on any atom is 0.311 e. The van der Waals surface area contributed by atoms with Crippen LogP contribution in [0.1, 0.15) is 6.42 Å². The van der Waals surface area contributed by atoms with Gasteiger partial charge in [0, 0.05) is 0 Å². The predicted octanol–water partition coefficient (Wildman–Crippen LogP) is -4.85. The van der Waals surface area contributed by atoms with Crippen molar-refractivity contribution in [3.8, 4) is 0 Å². The lowest BCUT2D eigenvalue weighted by Gasteiger charge is -2.24. The van der Waals surface area contributed by atoms with E-state index in [1.54, 1.807) is 5.32 Å². The van der Waals surface area contributed by atoms with Gasteiger partial charge in [0.15, 0.2) is 0 Å². The largest absolute Gasteiger partial charge is 0.544 e. The number of morpholine rings is 1. The maximum atomic E-state index is 11.0. The third-order valence-electron chi connectivity index (χ3n) is 3.07. The number of nitrogens with one attached hydrogen (secondary N) is 1. The molecule has 1 fully saturated rings. The van der Waals surface area contributed by atoms with Crippen molar-refractivity contribution in [2.45, 2.75) is 12.5 Å². The number of nitrogens with two attached hydrogens (primary N) is 1. The Bertz CT molecular complexity index is 279. The zero-order chi connectivity index (χ0) is 13.4. The molecule has 1 heterocycles. The Labute approximate surface area is 106 Å². The maximum absolute atomic E-state index is 11.0. The number of carboxylic acids is 1. The van der Waals surface area contributed by atoms with Gasteiger partial charge in [-0.05, 0) is 0 Å². The van der Waals surface area contributed by atoms with E-state index < -0.39 is 18.0 Å². The van der Waals surface area contributed by atoms with Crippen molar-refractivity contribution in [3.05, 3.63) is 0 Å². The summed E-state index contributed by atoms with van der Waals surface area (Å²) in [7, 11) is 1.24. The molecule has 0 spiro atoms. The van der Waals surface area contributed by atoms with Crippen LogP contribution >= 0.6 is 0 Å². The quantitative estimate of drug-likeness (QED) is 0.448. The summed E-state index contributed by atoms with van der Waals surface area (Å²) in [6, 6.07) is -0.863. The minimum absolute atomic E-state index is 0.155. The highest BCUT2D eigenvalue weighted by Crippen LogP contribution is 1.87. The number of quaternary nitrogens is 2. The lowest BCUT2D eigenvalue weighted by molar-refractivity contribution is -0.920. The first-order chi connectivity index (χ1) is 8.63. The smallest absolute Gasteiger partial charge is 0.311 e. The molecule has 104 valence electrons. The fourth-order valence-corrected chi connectivity index (χ4v) is 1.92. The Balaban J connectivity index is 2.24. The molecule has 0 aliphatic carbocycles. The van der Waals surface area contributed by atoms with E-state index in [1.165, 1.54) is 12.0 Å². The second-order valence-electron chi connectivity index (χ2n) is 4.34. The van der Waals surface area contributed by atoms with Crippen LogP contribution in [0.3, 0.4) is 0 Å². The third-order valence-corrected chi connectivity index (χ3v) is 3.07. The van der Waals surface area contributed by atoms with Gasteiger partial charge in [-0.2, -0.15) is 0 Å². The number of carboxylic acid groups (broad SMARTS) is 1. The number of carbonyl (C=O) groups is 2. The number of hydrogen-bond acceptors (Lipinski definition) is 5. The molecular formula is C11H21N2O5+. The van der Waals surface area contributed by atoms with E-state index in [-0.39, 0.29) is 6.42 Å². The minimum Gasteiger partial charge on any atom is -0.544 e. The minimum atomic E-state index is -1.22.